The van der Waals surface area contributed by atoms with Gasteiger partial charge in [0.1, 0.15) is 0 Å². The molecule has 30 heavy (non-hydrogen) atoms. The van der Waals surface area contributed by atoms with Gasteiger partial charge in [-0.3, -0.25) is 19.2 Å². The van der Waals surface area contributed by atoms with Crippen LogP contribution in [0.1, 0.15) is 33.6 Å². The zero-order valence-corrected chi connectivity index (χ0v) is 18.4. The number of ether oxygens (including phenoxy) is 1. The van der Waals surface area contributed by atoms with Crippen molar-refractivity contribution >= 4 is 23.6 Å². The highest BCUT2D eigenvalue weighted by Gasteiger charge is 2.36. The zero-order valence-electron chi connectivity index (χ0n) is 18.4. The normalized spacial score (nSPS) is 21.6. The molecular weight excluding hydrogens is 388 g/mol. The smallest absolute Gasteiger partial charge is 0.312 e. The lowest BCUT2D eigenvalue weighted by atomic mass is 9.90. The van der Waals surface area contributed by atoms with Crippen LogP contribution < -0.4 is 0 Å². The zero-order chi connectivity index (χ0) is 21.9. The molecule has 0 aromatic rings. The standard InChI is InChI=1S/C21H34N4O5/c1-21(2,3)20(29)25-6-4-16(5-7-25)17(26)22-8-10-23(11-9-22)18(27)19(28)24-12-14-30-15-13-24/h16H,4-15H2,1-3H3. The van der Waals surface area contributed by atoms with E-state index in [2.05, 4.69) is 0 Å². The van der Waals surface area contributed by atoms with E-state index >= 15 is 0 Å². The molecular formula is C21H34N4O5. The average molecular weight is 423 g/mol. The van der Waals surface area contributed by atoms with Crippen molar-refractivity contribution in [2.24, 2.45) is 11.3 Å². The van der Waals surface area contributed by atoms with E-state index in [4.69, 9.17) is 4.74 Å². The highest BCUT2D eigenvalue weighted by atomic mass is 16.5. The number of morpholine rings is 1. The molecule has 4 amide bonds. The lowest BCUT2D eigenvalue weighted by Gasteiger charge is -2.39. The van der Waals surface area contributed by atoms with E-state index < -0.39 is 17.2 Å². The van der Waals surface area contributed by atoms with E-state index in [0.29, 0.717) is 78.4 Å². The van der Waals surface area contributed by atoms with Crippen LogP contribution in [-0.2, 0) is 23.9 Å². The Kier molecular flexibility index (Phi) is 7.00. The number of piperidine rings is 1. The Morgan fingerprint density at radius 1 is 0.667 bits per heavy atom. The SMILES string of the molecule is CC(C)(C)C(=O)N1CCC(C(=O)N2CCN(C(=O)C(=O)N3CCOCC3)CC2)CC1. The Labute approximate surface area is 178 Å². The fourth-order valence-corrected chi connectivity index (χ4v) is 4.23. The highest BCUT2D eigenvalue weighted by molar-refractivity contribution is 6.34. The average Bonchev–Trinajstić information content (AvgIpc) is 2.77. The van der Waals surface area contributed by atoms with E-state index in [1.54, 1.807) is 9.80 Å². The van der Waals surface area contributed by atoms with Gasteiger partial charge in [0.25, 0.3) is 0 Å². The molecule has 168 valence electrons. The second-order valence-electron chi connectivity index (χ2n) is 9.34. The van der Waals surface area contributed by atoms with Crippen molar-refractivity contribution < 1.29 is 23.9 Å². The summed E-state index contributed by atoms with van der Waals surface area (Å²) in [5.74, 6) is -0.812. The molecule has 0 aliphatic carbocycles. The van der Waals surface area contributed by atoms with Crippen LogP contribution in [0.25, 0.3) is 0 Å². The van der Waals surface area contributed by atoms with E-state index in [1.807, 2.05) is 25.7 Å². The van der Waals surface area contributed by atoms with Gasteiger partial charge in [0.15, 0.2) is 0 Å². The summed E-state index contributed by atoms with van der Waals surface area (Å²) in [5.41, 5.74) is -0.404. The van der Waals surface area contributed by atoms with Gasteiger partial charge in [-0.2, -0.15) is 0 Å². The number of carbonyl (C=O) groups excluding carboxylic acids is 4. The van der Waals surface area contributed by atoms with Gasteiger partial charge >= 0.3 is 11.8 Å². The first-order valence-corrected chi connectivity index (χ1v) is 10.9. The minimum Gasteiger partial charge on any atom is -0.378 e. The molecule has 3 rings (SSSR count). The number of hydrogen-bond acceptors (Lipinski definition) is 5. The van der Waals surface area contributed by atoms with Crippen LogP contribution in [0.5, 0.6) is 0 Å². The topological polar surface area (TPSA) is 90.5 Å². The second-order valence-corrected chi connectivity index (χ2v) is 9.34. The van der Waals surface area contributed by atoms with Crippen molar-refractivity contribution in [3.63, 3.8) is 0 Å². The van der Waals surface area contributed by atoms with Crippen molar-refractivity contribution in [2.45, 2.75) is 33.6 Å². The molecule has 0 aromatic carbocycles. The van der Waals surface area contributed by atoms with Crippen LogP contribution in [0.3, 0.4) is 0 Å². The second kappa shape index (κ2) is 9.32. The minimum atomic E-state index is -0.488. The number of likely N-dealkylation sites (tertiary alicyclic amines) is 1. The van der Waals surface area contributed by atoms with Crippen LogP contribution >= 0.6 is 0 Å². The van der Waals surface area contributed by atoms with Crippen molar-refractivity contribution in [1.29, 1.82) is 0 Å². The number of hydrogen-bond donors (Lipinski definition) is 0. The maximum absolute atomic E-state index is 12.9. The summed E-state index contributed by atoms with van der Waals surface area (Å²) < 4.78 is 5.22. The van der Waals surface area contributed by atoms with E-state index in [9.17, 15) is 19.2 Å². The summed E-state index contributed by atoms with van der Waals surface area (Å²) in [5, 5.41) is 0. The molecule has 9 nitrogen and oxygen atoms in total. The molecule has 0 atom stereocenters. The maximum atomic E-state index is 12.9. The molecule has 3 aliphatic heterocycles. The fraction of sp³-hybridized carbons (Fsp3) is 0.810. The largest absolute Gasteiger partial charge is 0.378 e. The highest BCUT2D eigenvalue weighted by Crippen LogP contribution is 2.25. The quantitative estimate of drug-likeness (QED) is 0.546. The van der Waals surface area contributed by atoms with Gasteiger partial charge in [-0.05, 0) is 12.8 Å². The molecule has 0 unspecified atom stereocenters. The first kappa shape index (κ1) is 22.5. The molecule has 3 fully saturated rings. The van der Waals surface area contributed by atoms with Crippen LogP contribution in [0.4, 0.5) is 0 Å². The van der Waals surface area contributed by atoms with Crippen LogP contribution in [0, 0.1) is 11.3 Å². The van der Waals surface area contributed by atoms with Gasteiger partial charge < -0.3 is 24.3 Å². The third-order valence-corrected chi connectivity index (χ3v) is 6.13. The molecule has 0 aromatic heterocycles. The molecule has 3 aliphatic rings. The Morgan fingerprint density at radius 3 is 1.63 bits per heavy atom. The van der Waals surface area contributed by atoms with E-state index in [1.165, 1.54) is 4.90 Å². The Hall–Kier alpha value is -2.16. The maximum Gasteiger partial charge on any atom is 0.312 e. The summed E-state index contributed by atoms with van der Waals surface area (Å²) in [6.07, 6.45) is 1.35. The number of amides is 4. The van der Waals surface area contributed by atoms with E-state index in [-0.39, 0.29) is 17.7 Å². The van der Waals surface area contributed by atoms with Crippen molar-refractivity contribution in [1.82, 2.24) is 19.6 Å². The van der Waals surface area contributed by atoms with Crippen LogP contribution in [0.15, 0.2) is 0 Å². The van der Waals surface area contributed by atoms with Gasteiger partial charge in [0, 0.05) is 63.7 Å². The van der Waals surface area contributed by atoms with Gasteiger partial charge in [0.2, 0.25) is 11.8 Å². The Balaban J connectivity index is 1.45. The lowest BCUT2D eigenvalue weighted by Crippen LogP contribution is -2.56. The molecule has 0 spiro atoms. The number of piperazine rings is 1. The van der Waals surface area contributed by atoms with Crippen molar-refractivity contribution in [3.05, 3.63) is 0 Å². The van der Waals surface area contributed by atoms with E-state index in [0.717, 1.165) is 0 Å². The minimum absolute atomic E-state index is 0.0775. The number of rotatable bonds is 1. The molecule has 3 saturated heterocycles. The summed E-state index contributed by atoms with van der Waals surface area (Å²) in [6, 6.07) is 0. The number of nitrogens with zero attached hydrogens (tertiary/aromatic N) is 4. The summed E-state index contributed by atoms with van der Waals surface area (Å²) in [4.78, 5) is 57.0. The molecule has 0 radical (unpaired) electrons. The first-order chi connectivity index (χ1) is 14.2. The molecule has 0 saturated carbocycles. The molecule has 0 N–H and O–H groups in total. The third-order valence-electron chi connectivity index (χ3n) is 6.13. The van der Waals surface area contributed by atoms with Crippen LogP contribution in [0.2, 0.25) is 0 Å². The van der Waals surface area contributed by atoms with Crippen molar-refractivity contribution in [2.75, 3.05) is 65.6 Å². The Bertz CT molecular complexity index is 667. The summed E-state index contributed by atoms with van der Waals surface area (Å²) >= 11 is 0. The summed E-state index contributed by atoms with van der Waals surface area (Å²) in [7, 11) is 0. The van der Waals surface area contributed by atoms with Gasteiger partial charge in [0.05, 0.1) is 13.2 Å². The molecule has 0 bridgehead atoms. The van der Waals surface area contributed by atoms with Crippen LogP contribution in [-0.4, -0.2) is 109 Å². The predicted molar refractivity (Wildman–Crippen MR) is 109 cm³/mol. The van der Waals surface area contributed by atoms with Crippen molar-refractivity contribution in [3.8, 4) is 0 Å². The monoisotopic (exact) mass is 422 g/mol. The van der Waals surface area contributed by atoms with Gasteiger partial charge in [-0.25, -0.2) is 0 Å². The number of carbonyl (C=O) groups is 4. The van der Waals surface area contributed by atoms with Gasteiger partial charge in [-0.15, -0.1) is 0 Å². The van der Waals surface area contributed by atoms with Gasteiger partial charge in [-0.1, -0.05) is 20.8 Å². The predicted octanol–water partition coefficient (Wildman–Crippen LogP) is -0.199. The molecule has 9 heteroatoms. The summed E-state index contributed by atoms with van der Waals surface area (Å²) in [6.45, 7) is 10.4. The molecule has 3 heterocycles. The third kappa shape index (κ3) is 5.11. The lowest BCUT2D eigenvalue weighted by molar-refractivity contribution is -0.156. The Morgan fingerprint density at radius 2 is 1.13 bits per heavy atom. The fourth-order valence-electron chi connectivity index (χ4n) is 4.23. The first-order valence-electron chi connectivity index (χ1n) is 10.9.